The van der Waals surface area contributed by atoms with Crippen molar-refractivity contribution in [1.82, 2.24) is 4.98 Å². The van der Waals surface area contributed by atoms with Gasteiger partial charge in [-0.2, -0.15) is 13.2 Å². The molecule has 0 saturated carbocycles. The summed E-state index contributed by atoms with van der Waals surface area (Å²) in [5.74, 6) is -2.85. The topological polar surface area (TPSA) is 62.0 Å². The Morgan fingerprint density at radius 1 is 1.08 bits per heavy atom. The van der Waals surface area contributed by atoms with Crippen LogP contribution in [0.2, 0.25) is 5.02 Å². The van der Waals surface area contributed by atoms with Crippen LogP contribution in [0.25, 0.3) is 10.9 Å². The van der Waals surface area contributed by atoms with Gasteiger partial charge in [0.15, 0.2) is 0 Å². The third-order valence-corrected chi connectivity index (χ3v) is 3.97. The SMILES string of the molecule is O=C(Nc1cc(C(F)(F)F)ccc1Cl)C(=O)c1c[nH]c2ccc(F)cc12. The monoisotopic (exact) mass is 384 g/mol. The largest absolute Gasteiger partial charge is 0.416 e. The fraction of sp³-hybridized carbons (Fsp3) is 0.0588. The highest BCUT2D eigenvalue weighted by Gasteiger charge is 2.31. The molecule has 134 valence electrons. The normalized spacial score (nSPS) is 11.6. The van der Waals surface area contributed by atoms with Gasteiger partial charge in [0.05, 0.1) is 21.8 Å². The Labute approximate surface area is 148 Å². The predicted molar refractivity (Wildman–Crippen MR) is 87.7 cm³/mol. The Morgan fingerprint density at radius 2 is 1.81 bits per heavy atom. The van der Waals surface area contributed by atoms with Crippen molar-refractivity contribution >= 4 is 39.9 Å². The maximum absolute atomic E-state index is 13.4. The standard InChI is InChI=1S/C17H9ClF4N2O2/c18-12-3-1-8(17(20,21)22)5-14(12)24-16(26)15(25)11-7-23-13-4-2-9(19)6-10(11)13/h1-7,23H,(H,24,26). The van der Waals surface area contributed by atoms with Crippen LogP contribution in [0.4, 0.5) is 23.2 Å². The van der Waals surface area contributed by atoms with E-state index in [0.717, 1.165) is 18.2 Å². The van der Waals surface area contributed by atoms with Crippen LogP contribution < -0.4 is 5.32 Å². The van der Waals surface area contributed by atoms with Crippen LogP contribution >= 0.6 is 11.6 Å². The zero-order chi connectivity index (χ0) is 19.1. The van der Waals surface area contributed by atoms with E-state index < -0.39 is 29.2 Å². The number of carbonyl (C=O) groups excluding carboxylic acids is 2. The highest BCUT2D eigenvalue weighted by molar-refractivity contribution is 6.49. The molecule has 0 saturated heterocycles. The van der Waals surface area contributed by atoms with Crippen LogP contribution in [0.5, 0.6) is 0 Å². The number of aromatic amines is 1. The van der Waals surface area contributed by atoms with E-state index in [2.05, 4.69) is 10.3 Å². The molecular formula is C17H9ClF4N2O2. The van der Waals surface area contributed by atoms with Gasteiger partial charge in [-0.3, -0.25) is 9.59 Å². The Kier molecular flexibility index (Phi) is 4.45. The number of fused-ring (bicyclic) bond motifs is 1. The van der Waals surface area contributed by atoms with Gasteiger partial charge in [-0.25, -0.2) is 4.39 Å². The fourth-order valence-corrected chi connectivity index (χ4v) is 2.54. The number of aromatic nitrogens is 1. The van der Waals surface area contributed by atoms with Gasteiger partial charge in [-0.05, 0) is 36.4 Å². The van der Waals surface area contributed by atoms with Crippen molar-refractivity contribution < 1.29 is 27.2 Å². The van der Waals surface area contributed by atoms with Crippen molar-refractivity contribution in [3.05, 3.63) is 64.6 Å². The van der Waals surface area contributed by atoms with E-state index >= 15 is 0 Å². The van der Waals surface area contributed by atoms with Gasteiger partial charge in [-0.15, -0.1) is 0 Å². The number of amides is 1. The molecule has 0 aliphatic heterocycles. The average molecular weight is 385 g/mol. The lowest BCUT2D eigenvalue weighted by molar-refractivity contribution is -0.137. The number of alkyl halides is 3. The van der Waals surface area contributed by atoms with Gasteiger partial charge in [-0.1, -0.05) is 11.6 Å². The average Bonchev–Trinajstić information content (AvgIpc) is 2.97. The number of halogens is 5. The predicted octanol–water partition coefficient (Wildman–Crippen LogP) is 4.80. The van der Waals surface area contributed by atoms with Crippen LogP contribution in [-0.4, -0.2) is 16.7 Å². The third kappa shape index (κ3) is 3.41. The van der Waals surface area contributed by atoms with Crippen molar-refractivity contribution in [1.29, 1.82) is 0 Å². The molecule has 9 heteroatoms. The summed E-state index contributed by atoms with van der Waals surface area (Å²) < 4.78 is 51.7. The minimum absolute atomic E-state index is 0.111. The highest BCUT2D eigenvalue weighted by atomic mass is 35.5. The van der Waals surface area contributed by atoms with Crippen LogP contribution in [-0.2, 0) is 11.0 Å². The van der Waals surface area contributed by atoms with E-state index in [1.807, 2.05) is 0 Å². The second kappa shape index (κ2) is 6.45. The van der Waals surface area contributed by atoms with Gasteiger partial charge >= 0.3 is 6.18 Å². The van der Waals surface area contributed by atoms with Gasteiger partial charge in [0.25, 0.3) is 11.7 Å². The minimum atomic E-state index is -4.64. The number of H-pyrrole nitrogens is 1. The molecule has 1 amide bonds. The first-order valence-corrected chi connectivity index (χ1v) is 7.53. The summed E-state index contributed by atoms with van der Waals surface area (Å²) >= 11 is 5.79. The van der Waals surface area contributed by atoms with Crippen molar-refractivity contribution in [2.75, 3.05) is 5.32 Å². The molecule has 3 aromatic rings. The number of Topliss-reactive ketones (excluding diaryl/α,β-unsaturated/α-hetero) is 1. The van der Waals surface area contributed by atoms with Gasteiger partial charge in [0, 0.05) is 17.1 Å². The van der Waals surface area contributed by atoms with E-state index in [1.165, 1.54) is 18.3 Å². The third-order valence-electron chi connectivity index (χ3n) is 3.64. The molecule has 0 aliphatic rings. The molecule has 0 radical (unpaired) electrons. The molecular weight excluding hydrogens is 376 g/mol. The number of nitrogens with one attached hydrogen (secondary N) is 2. The molecule has 26 heavy (non-hydrogen) atoms. The highest BCUT2D eigenvalue weighted by Crippen LogP contribution is 2.34. The summed E-state index contributed by atoms with van der Waals surface area (Å²) in [6.45, 7) is 0. The van der Waals surface area contributed by atoms with Crippen LogP contribution in [0.1, 0.15) is 15.9 Å². The molecule has 0 aliphatic carbocycles. The molecule has 2 aromatic carbocycles. The first-order valence-electron chi connectivity index (χ1n) is 7.16. The second-order valence-corrected chi connectivity index (χ2v) is 5.78. The van der Waals surface area contributed by atoms with Gasteiger partial charge in [0.1, 0.15) is 5.82 Å². The van der Waals surface area contributed by atoms with Crippen LogP contribution in [0.3, 0.4) is 0 Å². The summed E-state index contributed by atoms with van der Waals surface area (Å²) in [5.41, 5.74) is -1.07. The summed E-state index contributed by atoms with van der Waals surface area (Å²) in [5, 5.41) is 2.08. The summed E-state index contributed by atoms with van der Waals surface area (Å²) in [6, 6.07) is 5.98. The van der Waals surface area contributed by atoms with Crippen molar-refractivity contribution in [3.63, 3.8) is 0 Å². The Morgan fingerprint density at radius 3 is 2.50 bits per heavy atom. The number of hydrogen-bond donors (Lipinski definition) is 2. The lowest BCUT2D eigenvalue weighted by Crippen LogP contribution is -2.23. The Balaban J connectivity index is 1.90. The lowest BCUT2D eigenvalue weighted by atomic mass is 10.1. The number of ketones is 1. The van der Waals surface area contributed by atoms with Crippen molar-refractivity contribution in [2.45, 2.75) is 6.18 Å². The number of anilines is 1. The van der Waals surface area contributed by atoms with E-state index in [9.17, 15) is 27.2 Å². The molecule has 4 nitrogen and oxygen atoms in total. The molecule has 2 N–H and O–H groups in total. The van der Waals surface area contributed by atoms with Gasteiger partial charge < -0.3 is 10.3 Å². The molecule has 0 fully saturated rings. The summed E-state index contributed by atoms with van der Waals surface area (Å²) in [7, 11) is 0. The molecule has 3 rings (SSSR count). The zero-order valence-electron chi connectivity index (χ0n) is 12.7. The smallest absolute Gasteiger partial charge is 0.360 e. The number of hydrogen-bond acceptors (Lipinski definition) is 2. The van der Waals surface area contributed by atoms with Crippen molar-refractivity contribution in [2.24, 2.45) is 0 Å². The molecule has 1 aromatic heterocycles. The Bertz CT molecular complexity index is 1030. The van der Waals surface area contributed by atoms with Crippen LogP contribution in [0.15, 0.2) is 42.6 Å². The Hall–Kier alpha value is -2.87. The van der Waals surface area contributed by atoms with E-state index in [1.54, 1.807) is 0 Å². The lowest BCUT2D eigenvalue weighted by Gasteiger charge is -2.11. The minimum Gasteiger partial charge on any atom is -0.360 e. The summed E-state index contributed by atoms with van der Waals surface area (Å²) in [4.78, 5) is 27.2. The second-order valence-electron chi connectivity index (χ2n) is 5.37. The van der Waals surface area contributed by atoms with Crippen LogP contribution in [0, 0.1) is 5.82 Å². The van der Waals surface area contributed by atoms with E-state index in [0.29, 0.717) is 11.6 Å². The maximum Gasteiger partial charge on any atom is 0.416 e. The van der Waals surface area contributed by atoms with E-state index in [-0.39, 0.29) is 21.7 Å². The molecule has 0 unspecified atom stereocenters. The fourth-order valence-electron chi connectivity index (χ4n) is 2.38. The molecule has 0 atom stereocenters. The number of carbonyl (C=O) groups is 2. The summed E-state index contributed by atoms with van der Waals surface area (Å²) in [6.07, 6.45) is -3.41. The first-order chi connectivity index (χ1) is 12.2. The quantitative estimate of drug-likeness (QED) is 0.387. The van der Waals surface area contributed by atoms with Crippen molar-refractivity contribution in [3.8, 4) is 0 Å². The van der Waals surface area contributed by atoms with E-state index in [4.69, 9.17) is 11.6 Å². The van der Waals surface area contributed by atoms with Gasteiger partial charge in [0.2, 0.25) is 0 Å². The number of benzene rings is 2. The first kappa shape index (κ1) is 17.9. The molecule has 1 heterocycles. The number of rotatable bonds is 3. The zero-order valence-corrected chi connectivity index (χ0v) is 13.5. The molecule has 0 spiro atoms. The molecule has 0 bridgehead atoms. The maximum atomic E-state index is 13.4.